The van der Waals surface area contributed by atoms with Crippen LogP contribution < -0.4 is 0 Å². The zero-order chi connectivity index (χ0) is 19.9. The van der Waals surface area contributed by atoms with E-state index in [9.17, 15) is 10.2 Å². The van der Waals surface area contributed by atoms with Crippen LogP contribution in [0.2, 0.25) is 0 Å². The fraction of sp³-hybridized carbons (Fsp3) is 0.500. The minimum atomic E-state index is -0.965. The van der Waals surface area contributed by atoms with Crippen molar-refractivity contribution in [3.63, 3.8) is 0 Å². The number of aliphatic hydroxyl groups excluding tert-OH is 2. The summed E-state index contributed by atoms with van der Waals surface area (Å²) < 4.78 is 0. The second-order valence-electron chi connectivity index (χ2n) is 9.46. The van der Waals surface area contributed by atoms with Gasteiger partial charge in [0.1, 0.15) is 12.2 Å². The summed E-state index contributed by atoms with van der Waals surface area (Å²) in [6.07, 6.45) is -1.93. The molecule has 0 bridgehead atoms. The Morgan fingerprint density at radius 3 is 1.19 bits per heavy atom. The largest absolute Gasteiger partial charge is 0.385 e. The highest BCUT2D eigenvalue weighted by Gasteiger charge is 2.32. The van der Waals surface area contributed by atoms with Gasteiger partial charge in [0, 0.05) is 0 Å². The zero-order valence-corrected chi connectivity index (χ0v) is 17.5. The van der Waals surface area contributed by atoms with E-state index in [4.69, 9.17) is 0 Å². The first-order valence-electron chi connectivity index (χ1n) is 9.42. The van der Waals surface area contributed by atoms with Gasteiger partial charge in [0.25, 0.3) is 0 Å². The monoisotopic (exact) mass is 354 g/mol. The van der Waals surface area contributed by atoms with Crippen molar-refractivity contribution < 1.29 is 10.2 Å². The second-order valence-corrected chi connectivity index (χ2v) is 9.46. The molecule has 26 heavy (non-hydrogen) atoms. The molecule has 2 atom stereocenters. The summed E-state index contributed by atoms with van der Waals surface area (Å²) in [4.78, 5) is 0. The summed E-state index contributed by atoms with van der Waals surface area (Å²) in [6.45, 7) is 16.8. The molecule has 0 aliphatic carbocycles. The molecule has 142 valence electrons. The molecule has 2 nitrogen and oxygen atoms in total. The highest BCUT2D eigenvalue weighted by molar-refractivity contribution is 5.45. The van der Waals surface area contributed by atoms with Gasteiger partial charge in [-0.2, -0.15) is 0 Å². The smallest absolute Gasteiger partial charge is 0.110 e. The lowest BCUT2D eigenvalue weighted by Crippen LogP contribution is -2.23. The molecule has 0 spiro atoms. The van der Waals surface area contributed by atoms with Gasteiger partial charge in [0.15, 0.2) is 0 Å². The summed E-state index contributed by atoms with van der Waals surface area (Å²) in [5.74, 6) is 0. The number of rotatable bonds is 3. The SMILES string of the molecule is Cc1cccc(C(C)(C)C)c1C(O)C(O)c1c(C)cccc1C(C)(C)C. The summed E-state index contributed by atoms with van der Waals surface area (Å²) in [7, 11) is 0. The van der Waals surface area contributed by atoms with Gasteiger partial charge in [0.05, 0.1) is 0 Å². The molecule has 0 aromatic heterocycles. The van der Waals surface area contributed by atoms with Gasteiger partial charge < -0.3 is 10.2 Å². The van der Waals surface area contributed by atoms with Crippen molar-refractivity contribution in [2.75, 3.05) is 0 Å². The van der Waals surface area contributed by atoms with Crippen molar-refractivity contribution in [1.29, 1.82) is 0 Å². The summed E-state index contributed by atoms with van der Waals surface area (Å²) >= 11 is 0. The van der Waals surface area contributed by atoms with Gasteiger partial charge in [-0.25, -0.2) is 0 Å². The predicted molar refractivity (Wildman–Crippen MR) is 110 cm³/mol. The van der Waals surface area contributed by atoms with Crippen LogP contribution in [0.15, 0.2) is 36.4 Å². The molecule has 0 radical (unpaired) electrons. The van der Waals surface area contributed by atoms with Gasteiger partial charge in [0.2, 0.25) is 0 Å². The van der Waals surface area contributed by atoms with E-state index in [1.54, 1.807) is 0 Å². The van der Waals surface area contributed by atoms with E-state index in [1.165, 1.54) is 0 Å². The maximum atomic E-state index is 11.2. The quantitative estimate of drug-likeness (QED) is 0.746. The molecule has 2 heteroatoms. The van der Waals surface area contributed by atoms with Crippen LogP contribution in [0, 0.1) is 13.8 Å². The molecule has 0 saturated carbocycles. The predicted octanol–water partition coefficient (Wildman–Crippen LogP) is 5.67. The fourth-order valence-corrected chi connectivity index (χ4v) is 3.77. The van der Waals surface area contributed by atoms with Crippen molar-refractivity contribution >= 4 is 0 Å². The third-order valence-corrected chi connectivity index (χ3v) is 5.15. The normalized spacial score (nSPS) is 15.0. The Labute approximate surface area is 158 Å². The van der Waals surface area contributed by atoms with E-state index in [2.05, 4.69) is 53.7 Å². The molecule has 2 aromatic carbocycles. The Kier molecular flexibility index (Phi) is 5.70. The molecule has 0 fully saturated rings. The molecule has 2 aromatic rings. The fourth-order valence-electron chi connectivity index (χ4n) is 3.77. The van der Waals surface area contributed by atoms with Gasteiger partial charge in [-0.3, -0.25) is 0 Å². The average Bonchev–Trinajstić information content (AvgIpc) is 2.51. The first kappa shape index (κ1) is 20.7. The molecule has 0 aliphatic heterocycles. The molecule has 2 N–H and O–H groups in total. The third kappa shape index (κ3) is 4.02. The van der Waals surface area contributed by atoms with Crippen LogP contribution >= 0.6 is 0 Å². The van der Waals surface area contributed by atoms with Gasteiger partial charge in [-0.15, -0.1) is 0 Å². The van der Waals surface area contributed by atoms with Crippen LogP contribution in [0.25, 0.3) is 0 Å². The summed E-state index contributed by atoms with van der Waals surface area (Å²) in [6, 6.07) is 12.2. The minimum absolute atomic E-state index is 0.110. The first-order valence-corrected chi connectivity index (χ1v) is 9.42. The summed E-state index contributed by atoms with van der Waals surface area (Å²) in [5, 5.41) is 22.5. The van der Waals surface area contributed by atoms with E-state index >= 15 is 0 Å². The maximum absolute atomic E-state index is 11.2. The molecule has 0 saturated heterocycles. The van der Waals surface area contributed by atoms with Gasteiger partial charge in [-0.1, -0.05) is 77.9 Å². The van der Waals surface area contributed by atoms with Crippen LogP contribution in [-0.4, -0.2) is 10.2 Å². The van der Waals surface area contributed by atoms with Crippen molar-refractivity contribution in [2.24, 2.45) is 0 Å². The van der Waals surface area contributed by atoms with Crippen LogP contribution in [0.4, 0.5) is 0 Å². The van der Waals surface area contributed by atoms with Crippen molar-refractivity contribution in [3.8, 4) is 0 Å². The lowest BCUT2D eigenvalue weighted by molar-refractivity contribution is 0.0145. The lowest BCUT2D eigenvalue weighted by Gasteiger charge is -2.32. The highest BCUT2D eigenvalue weighted by Crippen LogP contribution is 2.41. The van der Waals surface area contributed by atoms with E-state index in [0.29, 0.717) is 0 Å². The van der Waals surface area contributed by atoms with E-state index in [0.717, 1.165) is 33.4 Å². The Balaban J connectivity index is 2.63. The topological polar surface area (TPSA) is 40.5 Å². The van der Waals surface area contributed by atoms with Crippen LogP contribution in [0.1, 0.15) is 87.1 Å². The number of aliphatic hydroxyl groups is 2. The van der Waals surface area contributed by atoms with Crippen LogP contribution in [0.5, 0.6) is 0 Å². The number of benzene rings is 2. The Bertz CT molecular complexity index is 708. The van der Waals surface area contributed by atoms with E-state index < -0.39 is 12.2 Å². The summed E-state index contributed by atoms with van der Waals surface area (Å²) in [5.41, 5.74) is 5.64. The minimum Gasteiger partial charge on any atom is -0.385 e. The van der Waals surface area contributed by atoms with Crippen LogP contribution in [-0.2, 0) is 10.8 Å². The van der Waals surface area contributed by atoms with Gasteiger partial charge in [-0.05, 0) is 58.1 Å². The molecular weight excluding hydrogens is 320 g/mol. The molecular formula is C24H34O2. The number of hydrogen-bond acceptors (Lipinski definition) is 2. The van der Waals surface area contributed by atoms with E-state index in [1.807, 2.05) is 38.1 Å². The molecule has 2 unspecified atom stereocenters. The average molecular weight is 355 g/mol. The first-order chi connectivity index (χ1) is 11.9. The number of aryl methyl sites for hydroxylation is 2. The van der Waals surface area contributed by atoms with Crippen LogP contribution in [0.3, 0.4) is 0 Å². The zero-order valence-electron chi connectivity index (χ0n) is 17.5. The number of hydrogen-bond donors (Lipinski definition) is 2. The van der Waals surface area contributed by atoms with Crippen molar-refractivity contribution in [1.82, 2.24) is 0 Å². The second kappa shape index (κ2) is 7.17. The standard InChI is InChI=1S/C24H34O2/c1-15-11-9-13-17(23(3,4)5)19(15)21(25)22(26)20-16(2)12-10-14-18(20)24(6,7)8/h9-14,21-22,25-26H,1-8H3. The Morgan fingerprint density at radius 1 is 0.615 bits per heavy atom. The third-order valence-electron chi connectivity index (χ3n) is 5.15. The molecule has 0 aliphatic rings. The highest BCUT2D eigenvalue weighted by atomic mass is 16.3. The Morgan fingerprint density at radius 2 is 0.923 bits per heavy atom. The van der Waals surface area contributed by atoms with E-state index in [-0.39, 0.29) is 10.8 Å². The molecule has 0 amide bonds. The molecule has 0 heterocycles. The lowest BCUT2D eigenvalue weighted by atomic mass is 9.76. The van der Waals surface area contributed by atoms with Crippen molar-refractivity contribution in [3.05, 3.63) is 69.8 Å². The Hall–Kier alpha value is -1.64. The molecule has 2 rings (SSSR count). The van der Waals surface area contributed by atoms with Gasteiger partial charge >= 0.3 is 0 Å². The maximum Gasteiger partial charge on any atom is 0.110 e. The van der Waals surface area contributed by atoms with Crippen molar-refractivity contribution in [2.45, 2.75) is 78.4 Å².